The first-order valence-corrected chi connectivity index (χ1v) is 10.8. The molecule has 1 heterocycles. The third kappa shape index (κ3) is 4.47. The largest absolute Gasteiger partial charge is 0.451 e. The number of anilines is 1. The molecule has 140 valence electrons. The van der Waals surface area contributed by atoms with E-state index in [9.17, 15) is 18.0 Å². The Balaban J connectivity index is 1.61. The molecule has 1 aromatic heterocycles. The lowest BCUT2D eigenvalue weighted by Gasteiger charge is -2.07. The van der Waals surface area contributed by atoms with Crippen molar-refractivity contribution in [3.05, 3.63) is 58.4 Å². The van der Waals surface area contributed by atoms with Gasteiger partial charge in [-0.15, -0.1) is 11.3 Å². The van der Waals surface area contributed by atoms with E-state index in [1.54, 1.807) is 6.07 Å². The lowest BCUT2D eigenvalue weighted by atomic mass is 10.2. The average Bonchev–Trinajstić information content (AvgIpc) is 2.97. The van der Waals surface area contributed by atoms with E-state index < -0.39 is 28.3 Å². The van der Waals surface area contributed by atoms with Crippen LogP contribution >= 0.6 is 22.9 Å². The Hall–Kier alpha value is -2.42. The predicted molar refractivity (Wildman–Crippen MR) is 105 cm³/mol. The number of halogens is 1. The predicted octanol–water partition coefficient (Wildman–Crippen LogP) is 3.75. The zero-order valence-electron chi connectivity index (χ0n) is 14.1. The van der Waals surface area contributed by atoms with Crippen LogP contribution in [0.3, 0.4) is 0 Å². The number of carbonyl (C=O) groups excluding carboxylic acids is 2. The van der Waals surface area contributed by atoms with Gasteiger partial charge in [0, 0.05) is 22.0 Å². The molecular formula is C18H14ClNO5S2. The fraction of sp³-hybridized carbons (Fsp3) is 0.111. The van der Waals surface area contributed by atoms with Crippen molar-refractivity contribution in [2.45, 2.75) is 4.90 Å². The van der Waals surface area contributed by atoms with Crippen LogP contribution in [0.15, 0.2) is 53.4 Å². The smallest absolute Gasteiger partial charge is 0.350 e. The molecule has 0 aliphatic carbocycles. The standard InChI is InChI=1S/C18H14ClNO5S2/c1-27(23,24)12-8-6-11(7-9-12)20-15(21)10-25-18(22)17-16(19)13-4-2-3-5-14(13)26-17/h2-9H,10H2,1H3,(H,20,21). The topological polar surface area (TPSA) is 89.5 Å². The van der Waals surface area contributed by atoms with Crippen molar-refractivity contribution >= 4 is 60.4 Å². The highest BCUT2D eigenvalue weighted by molar-refractivity contribution is 7.90. The van der Waals surface area contributed by atoms with E-state index in [1.165, 1.54) is 35.6 Å². The number of amides is 1. The van der Waals surface area contributed by atoms with Crippen molar-refractivity contribution in [3.8, 4) is 0 Å². The highest BCUT2D eigenvalue weighted by atomic mass is 35.5. The fourth-order valence-electron chi connectivity index (χ4n) is 2.32. The van der Waals surface area contributed by atoms with Gasteiger partial charge in [-0.3, -0.25) is 4.79 Å². The highest BCUT2D eigenvalue weighted by Gasteiger charge is 2.19. The Bertz CT molecular complexity index is 1120. The van der Waals surface area contributed by atoms with E-state index in [1.807, 2.05) is 18.2 Å². The van der Waals surface area contributed by atoms with Crippen LogP contribution in [0.25, 0.3) is 10.1 Å². The van der Waals surface area contributed by atoms with E-state index >= 15 is 0 Å². The van der Waals surface area contributed by atoms with E-state index in [0.717, 1.165) is 16.3 Å². The number of thiophene rings is 1. The number of ether oxygens (including phenoxy) is 1. The molecule has 6 nitrogen and oxygen atoms in total. The zero-order valence-corrected chi connectivity index (χ0v) is 16.5. The first-order chi connectivity index (χ1) is 12.8. The third-order valence-electron chi connectivity index (χ3n) is 3.62. The molecule has 1 N–H and O–H groups in total. The molecule has 3 aromatic rings. The molecule has 27 heavy (non-hydrogen) atoms. The minimum absolute atomic E-state index is 0.145. The number of carbonyl (C=O) groups is 2. The van der Waals surface area contributed by atoms with Crippen molar-refractivity contribution in [2.75, 3.05) is 18.2 Å². The molecule has 9 heteroatoms. The number of hydrogen-bond acceptors (Lipinski definition) is 6. The van der Waals surface area contributed by atoms with Crippen LogP contribution in [-0.4, -0.2) is 33.2 Å². The van der Waals surface area contributed by atoms with Gasteiger partial charge in [0.05, 0.1) is 9.92 Å². The molecule has 0 saturated carbocycles. The summed E-state index contributed by atoms with van der Waals surface area (Å²) >= 11 is 7.41. The van der Waals surface area contributed by atoms with Gasteiger partial charge in [-0.05, 0) is 30.3 Å². The molecule has 3 rings (SSSR count). The van der Waals surface area contributed by atoms with E-state index in [2.05, 4.69) is 5.32 Å². The first kappa shape index (κ1) is 19.3. The molecule has 0 spiro atoms. The van der Waals surface area contributed by atoms with Crippen LogP contribution in [0.1, 0.15) is 9.67 Å². The SMILES string of the molecule is CS(=O)(=O)c1ccc(NC(=O)COC(=O)c2sc3ccccc3c2Cl)cc1. The number of nitrogens with one attached hydrogen (secondary N) is 1. The number of benzene rings is 2. The second-order valence-electron chi connectivity index (χ2n) is 5.66. The maximum absolute atomic E-state index is 12.2. The molecule has 0 saturated heterocycles. The summed E-state index contributed by atoms with van der Waals surface area (Å²) in [6.07, 6.45) is 1.10. The van der Waals surface area contributed by atoms with Crippen LogP contribution in [-0.2, 0) is 19.4 Å². The van der Waals surface area contributed by atoms with E-state index in [4.69, 9.17) is 16.3 Å². The van der Waals surface area contributed by atoms with Crippen molar-refractivity contribution in [1.82, 2.24) is 0 Å². The summed E-state index contributed by atoms with van der Waals surface area (Å²) in [6, 6.07) is 13.0. The van der Waals surface area contributed by atoms with Gasteiger partial charge in [0.25, 0.3) is 5.91 Å². The molecule has 1 amide bonds. The van der Waals surface area contributed by atoms with Crippen LogP contribution in [0.4, 0.5) is 5.69 Å². The maximum Gasteiger partial charge on any atom is 0.350 e. The van der Waals surface area contributed by atoms with Crippen molar-refractivity contribution in [1.29, 1.82) is 0 Å². The van der Waals surface area contributed by atoms with E-state index in [-0.39, 0.29) is 9.77 Å². The van der Waals surface area contributed by atoms with Crippen molar-refractivity contribution in [3.63, 3.8) is 0 Å². The number of sulfone groups is 1. The van der Waals surface area contributed by atoms with Gasteiger partial charge in [0.1, 0.15) is 4.88 Å². The van der Waals surface area contributed by atoms with Crippen molar-refractivity contribution < 1.29 is 22.7 Å². The molecule has 0 aliphatic heterocycles. The minimum Gasteiger partial charge on any atom is -0.451 e. The van der Waals surface area contributed by atoms with E-state index in [0.29, 0.717) is 10.7 Å². The summed E-state index contributed by atoms with van der Waals surface area (Å²) in [5.74, 6) is -1.23. The molecule has 0 bridgehead atoms. The summed E-state index contributed by atoms with van der Waals surface area (Å²) < 4.78 is 28.7. The second-order valence-corrected chi connectivity index (χ2v) is 9.11. The van der Waals surface area contributed by atoms with Gasteiger partial charge in [0.2, 0.25) is 0 Å². The van der Waals surface area contributed by atoms with Gasteiger partial charge in [0.15, 0.2) is 16.4 Å². The Morgan fingerprint density at radius 1 is 1.11 bits per heavy atom. The van der Waals surface area contributed by atoms with Crippen LogP contribution in [0, 0.1) is 0 Å². The van der Waals surface area contributed by atoms with Crippen LogP contribution in [0.5, 0.6) is 0 Å². The number of hydrogen-bond donors (Lipinski definition) is 1. The van der Waals surface area contributed by atoms with Crippen LogP contribution < -0.4 is 5.32 Å². The first-order valence-electron chi connectivity index (χ1n) is 7.70. The van der Waals surface area contributed by atoms with Gasteiger partial charge in [-0.25, -0.2) is 13.2 Å². The number of rotatable bonds is 5. The summed E-state index contributed by atoms with van der Waals surface area (Å²) in [5.41, 5.74) is 0.392. The zero-order chi connectivity index (χ0) is 19.6. The second kappa shape index (κ2) is 7.67. The molecule has 0 unspecified atom stereocenters. The molecular weight excluding hydrogens is 410 g/mol. The monoisotopic (exact) mass is 423 g/mol. The Morgan fingerprint density at radius 2 is 1.78 bits per heavy atom. The summed E-state index contributed by atoms with van der Waals surface area (Å²) in [7, 11) is -3.31. The molecule has 0 radical (unpaired) electrons. The van der Waals surface area contributed by atoms with Gasteiger partial charge in [-0.2, -0.15) is 0 Å². The Labute approximate surface area is 164 Å². The maximum atomic E-state index is 12.2. The summed E-state index contributed by atoms with van der Waals surface area (Å²) in [4.78, 5) is 24.5. The summed E-state index contributed by atoms with van der Waals surface area (Å²) in [6.45, 7) is -0.489. The Kier molecular flexibility index (Phi) is 5.50. The molecule has 0 atom stereocenters. The van der Waals surface area contributed by atoms with Crippen molar-refractivity contribution in [2.24, 2.45) is 0 Å². The number of fused-ring (bicyclic) bond motifs is 1. The van der Waals surface area contributed by atoms with Gasteiger partial charge in [-0.1, -0.05) is 29.8 Å². The van der Waals surface area contributed by atoms with Gasteiger partial charge >= 0.3 is 5.97 Å². The van der Waals surface area contributed by atoms with Gasteiger partial charge < -0.3 is 10.1 Å². The molecule has 0 fully saturated rings. The molecule has 0 aliphatic rings. The average molecular weight is 424 g/mol. The quantitative estimate of drug-likeness (QED) is 0.631. The number of esters is 1. The van der Waals surface area contributed by atoms with Crippen LogP contribution in [0.2, 0.25) is 5.02 Å². The minimum atomic E-state index is -3.31. The fourth-order valence-corrected chi connectivity index (χ4v) is 4.36. The lowest BCUT2D eigenvalue weighted by molar-refractivity contribution is -0.119. The lowest BCUT2D eigenvalue weighted by Crippen LogP contribution is -2.20. The third-order valence-corrected chi connectivity index (χ3v) is 6.40. The Morgan fingerprint density at radius 3 is 2.41 bits per heavy atom. The molecule has 2 aromatic carbocycles. The summed E-state index contributed by atoms with van der Waals surface area (Å²) in [5, 5.41) is 3.59. The normalized spacial score (nSPS) is 11.3. The highest BCUT2D eigenvalue weighted by Crippen LogP contribution is 2.35.